The smallest absolute Gasteiger partial charge is 0.358 e. The summed E-state index contributed by atoms with van der Waals surface area (Å²) in [5, 5.41) is -0.252. The number of hydrogen-bond donors (Lipinski definition) is 1. The van der Waals surface area contributed by atoms with Crippen LogP contribution in [0.1, 0.15) is 23.8 Å². The second kappa shape index (κ2) is 7.27. The molecular weight excluding hydrogens is 324 g/mol. The second-order valence-electron chi connectivity index (χ2n) is 4.50. The molecule has 0 saturated carbocycles. The molecule has 2 heterocycles. The van der Waals surface area contributed by atoms with E-state index >= 15 is 0 Å². The first-order chi connectivity index (χ1) is 11.0. The summed E-state index contributed by atoms with van der Waals surface area (Å²) < 4.78 is 9.47. The quantitative estimate of drug-likeness (QED) is 0.785. The second-order valence-corrected chi connectivity index (χ2v) is 5.67. The Bertz CT molecular complexity index is 657. The van der Waals surface area contributed by atoms with Gasteiger partial charge in [0.05, 0.1) is 26.5 Å². The highest BCUT2D eigenvalue weighted by atomic mass is 32.2. The highest BCUT2D eigenvalue weighted by Crippen LogP contribution is 2.30. The number of aliphatic imine (C=N–C) groups is 1. The van der Waals surface area contributed by atoms with Crippen molar-refractivity contribution in [1.82, 2.24) is 14.9 Å². The molecule has 1 N–H and O–H groups in total. The molecule has 1 fully saturated rings. The number of hydrogen-bond acceptors (Lipinski definition) is 8. The predicted molar refractivity (Wildman–Crippen MR) is 82.4 cm³/mol. The fourth-order valence-electron chi connectivity index (χ4n) is 1.85. The summed E-state index contributed by atoms with van der Waals surface area (Å²) in [5.41, 5.74) is 0.109. The third kappa shape index (κ3) is 3.70. The fourth-order valence-corrected chi connectivity index (χ4v) is 2.97. The first-order valence-corrected chi connectivity index (χ1v) is 7.66. The molecule has 0 aromatic carbocycles. The number of ether oxygens (including phenoxy) is 2. The molecular formula is C13H16N4O5S. The molecule has 1 aromatic rings. The molecule has 2 rings (SSSR count). The van der Waals surface area contributed by atoms with Crippen LogP contribution in [0.15, 0.2) is 11.3 Å². The molecule has 0 bridgehead atoms. The molecule has 9 nitrogen and oxygen atoms in total. The van der Waals surface area contributed by atoms with Crippen molar-refractivity contribution >= 4 is 40.6 Å². The van der Waals surface area contributed by atoms with Crippen molar-refractivity contribution in [2.45, 2.75) is 18.6 Å². The maximum absolute atomic E-state index is 12.1. The van der Waals surface area contributed by atoms with E-state index in [0.29, 0.717) is 5.17 Å². The Morgan fingerprint density at radius 3 is 2.91 bits per heavy atom. The molecule has 1 aliphatic heterocycles. The van der Waals surface area contributed by atoms with Crippen LogP contribution in [0.4, 0.5) is 5.82 Å². The summed E-state index contributed by atoms with van der Waals surface area (Å²) in [7, 11) is 2.81. The zero-order valence-corrected chi connectivity index (χ0v) is 13.7. The van der Waals surface area contributed by atoms with Crippen LogP contribution < -0.4 is 0 Å². The summed E-state index contributed by atoms with van der Waals surface area (Å²) in [6.07, 6.45) is 1.27. The highest BCUT2D eigenvalue weighted by Gasteiger charge is 2.37. The van der Waals surface area contributed by atoms with Gasteiger partial charge in [0, 0.05) is 7.05 Å². The Morgan fingerprint density at radius 1 is 1.52 bits per heavy atom. The van der Waals surface area contributed by atoms with Gasteiger partial charge in [0.1, 0.15) is 5.25 Å². The van der Waals surface area contributed by atoms with Crippen molar-refractivity contribution in [3.05, 3.63) is 12.0 Å². The maximum atomic E-state index is 12.1. The Kier molecular flexibility index (Phi) is 5.37. The summed E-state index contributed by atoms with van der Waals surface area (Å²) >= 11 is 1.12. The number of nitrogens with one attached hydrogen (secondary N) is 1. The van der Waals surface area contributed by atoms with Gasteiger partial charge >= 0.3 is 11.9 Å². The van der Waals surface area contributed by atoms with Gasteiger partial charge in [0.25, 0.3) is 0 Å². The van der Waals surface area contributed by atoms with Crippen molar-refractivity contribution in [2.24, 2.45) is 4.99 Å². The molecule has 10 heteroatoms. The fraction of sp³-hybridized carbons (Fsp3) is 0.462. The van der Waals surface area contributed by atoms with Gasteiger partial charge in [-0.05, 0) is 6.92 Å². The molecule has 23 heavy (non-hydrogen) atoms. The number of aromatic amines is 1. The van der Waals surface area contributed by atoms with E-state index in [1.165, 1.54) is 18.3 Å². The topological polar surface area (TPSA) is 114 Å². The summed E-state index contributed by atoms with van der Waals surface area (Å²) in [4.78, 5) is 47.4. The lowest BCUT2D eigenvalue weighted by molar-refractivity contribution is -0.142. The third-order valence-corrected chi connectivity index (χ3v) is 4.25. The molecule has 1 saturated heterocycles. The number of aromatic nitrogens is 2. The largest absolute Gasteiger partial charge is 0.469 e. The number of methoxy groups -OCH3 is 1. The lowest BCUT2D eigenvalue weighted by atomic mass is 10.3. The first-order valence-electron chi connectivity index (χ1n) is 6.78. The lowest BCUT2D eigenvalue weighted by Crippen LogP contribution is -2.29. The molecule has 0 spiro atoms. The third-order valence-electron chi connectivity index (χ3n) is 3.02. The van der Waals surface area contributed by atoms with E-state index in [1.807, 2.05) is 0 Å². The van der Waals surface area contributed by atoms with Gasteiger partial charge in [-0.15, -0.1) is 0 Å². The molecule has 0 radical (unpaired) electrons. The summed E-state index contributed by atoms with van der Waals surface area (Å²) in [5.74, 6) is -1.18. The number of carbonyl (C=O) groups is 3. The number of esters is 2. The minimum absolute atomic E-state index is 0.0470. The molecule has 1 aromatic heterocycles. The van der Waals surface area contributed by atoms with Gasteiger partial charge in [-0.2, -0.15) is 0 Å². The maximum Gasteiger partial charge on any atom is 0.358 e. The average molecular weight is 340 g/mol. The monoisotopic (exact) mass is 340 g/mol. The lowest BCUT2D eigenvalue weighted by Gasteiger charge is -2.08. The van der Waals surface area contributed by atoms with Crippen molar-refractivity contribution in [2.75, 3.05) is 20.8 Å². The molecule has 1 atom stereocenters. The Balaban J connectivity index is 2.20. The Morgan fingerprint density at radius 2 is 2.26 bits per heavy atom. The van der Waals surface area contributed by atoms with Crippen LogP contribution in [0.3, 0.4) is 0 Å². The summed E-state index contributed by atoms with van der Waals surface area (Å²) in [6.45, 7) is 1.92. The number of imidazole rings is 1. The number of rotatable bonds is 5. The Hall–Kier alpha value is -2.36. The minimum atomic E-state index is -0.601. The highest BCUT2D eigenvalue weighted by molar-refractivity contribution is 8.15. The van der Waals surface area contributed by atoms with Crippen molar-refractivity contribution in [3.63, 3.8) is 0 Å². The van der Waals surface area contributed by atoms with Crippen LogP contribution in [0.2, 0.25) is 0 Å². The summed E-state index contributed by atoms with van der Waals surface area (Å²) in [6, 6.07) is 0. The van der Waals surface area contributed by atoms with E-state index in [1.54, 1.807) is 14.0 Å². The molecule has 0 unspecified atom stereocenters. The molecule has 0 aliphatic carbocycles. The number of thioether (sulfide) groups is 1. The van der Waals surface area contributed by atoms with E-state index in [2.05, 4.69) is 19.7 Å². The van der Waals surface area contributed by atoms with Crippen molar-refractivity contribution in [3.8, 4) is 0 Å². The zero-order valence-electron chi connectivity index (χ0n) is 12.9. The van der Waals surface area contributed by atoms with E-state index in [0.717, 1.165) is 11.8 Å². The normalized spacial score (nSPS) is 19.3. The van der Waals surface area contributed by atoms with Gasteiger partial charge in [-0.1, -0.05) is 11.8 Å². The Labute approximate surface area is 136 Å². The van der Waals surface area contributed by atoms with Crippen LogP contribution >= 0.6 is 11.8 Å². The van der Waals surface area contributed by atoms with Crippen molar-refractivity contribution < 1.29 is 23.9 Å². The molecule has 1 amide bonds. The number of amidine groups is 1. The van der Waals surface area contributed by atoms with Gasteiger partial charge in [-0.25, -0.2) is 14.8 Å². The number of amides is 1. The number of H-pyrrole nitrogens is 1. The molecule has 124 valence electrons. The van der Waals surface area contributed by atoms with E-state index in [-0.39, 0.29) is 30.4 Å². The van der Waals surface area contributed by atoms with Gasteiger partial charge in [0.15, 0.2) is 16.7 Å². The van der Waals surface area contributed by atoms with Gasteiger partial charge in [-0.3, -0.25) is 14.5 Å². The van der Waals surface area contributed by atoms with E-state index in [4.69, 9.17) is 4.74 Å². The van der Waals surface area contributed by atoms with Gasteiger partial charge in [0.2, 0.25) is 5.91 Å². The predicted octanol–water partition coefficient (Wildman–Crippen LogP) is 0.711. The first kappa shape index (κ1) is 17.0. The SMILES string of the molecule is CCOC(=O)c1[nH]cnc1N=C1S[C@H](CC(=O)OC)C(=O)N1C. The zero-order chi connectivity index (χ0) is 17.0. The standard InChI is InChI=1S/C13H16N4O5S/c1-4-22-12(20)9-10(15-6-14-9)16-13-17(2)11(19)7(23-13)5-8(18)21-3/h6-7H,4-5H2,1-3H3,(H,14,15)/t7-/m1/s1. The number of nitrogens with zero attached hydrogens (tertiary/aromatic N) is 3. The van der Waals surface area contributed by atoms with E-state index < -0.39 is 17.2 Å². The average Bonchev–Trinajstić information content (AvgIpc) is 3.09. The van der Waals surface area contributed by atoms with Crippen molar-refractivity contribution in [1.29, 1.82) is 0 Å². The van der Waals surface area contributed by atoms with E-state index in [9.17, 15) is 14.4 Å². The van der Waals surface area contributed by atoms with Crippen LogP contribution in [-0.2, 0) is 19.1 Å². The van der Waals surface area contributed by atoms with Crippen LogP contribution in [0, 0.1) is 0 Å². The molecule has 1 aliphatic rings. The van der Waals surface area contributed by atoms with Gasteiger partial charge < -0.3 is 14.5 Å². The minimum Gasteiger partial charge on any atom is -0.469 e. The number of carbonyl (C=O) groups excluding carboxylic acids is 3. The van der Waals surface area contributed by atoms with Crippen LogP contribution in [0.25, 0.3) is 0 Å². The van der Waals surface area contributed by atoms with Crippen LogP contribution in [-0.4, -0.2) is 63.9 Å². The van der Waals surface area contributed by atoms with Crippen LogP contribution in [0.5, 0.6) is 0 Å².